The van der Waals surface area contributed by atoms with E-state index in [9.17, 15) is 13.2 Å². The molecule has 5 nitrogen and oxygen atoms in total. The molecule has 6 heteroatoms. The van der Waals surface area contributed by atoms with Gasteiger partial charge in [0, 0.05) is 0 Å². The number of hydrogen-bond acceptors (Lipinski definition) is 4. The van der Waals surface area contributed by atoms with Crippen LogP contribution in [-0.2, 0) is 14.6 Å². The lowest BCUT2D eigenvalue weighted by atomic mass is 9.77. The molecule has 1 aliphatic rings. The van der Waals surface area contributed by atoms with Crippen molar-refractivity contribution < 1.29 is 13.2 Å². The van der Waals surface area contributed by atoms with Gasteiger partial charge in [0.15, 0.2) is 9.84 Å². The zero-order valence-electron chi connectivity index (χ0n) is 10.8. The molecule has 0 aromatic heterocycles. The number of amides is 1. The van der Waals surface area contributed by atoms with Gasteiger partial charge in [0.05, 0.1) is 21.9 Å². The molecule has 1 aromatic rings. The fraction of sp³-hybridized carbons (Fsp3) is 0.462. The van der Waals surface area contributed by atoms with E-state index in [1.807, 2.05) is 0 Å². The molecule has 1 aliphatic carbocycles. The molecule has 0 spiro atoms. The Hall–Kier alpha value is -1.40. The Morgan fingerprint density at radius 1 is 1.37 bits per heavy atom. The molecule has 0 heterocycles. The van der Waals surface area contributed by atoms with E-state index in [-0.39, 0.29) is 16.6 Å². The summed E-state index contributed by atoms with van der Waals surface area (Å²) >= 11 is 0. The Kier molecular flexibility index (Phi) is 3.64. The minimum absolute atomic E-state index is 0.00630. The summed E-state index contributed by atoms with van der Waals surface area (Å²) < 4.78 is 23.9. The van der Waals surface area contributed by atoms with Gasteiger partial charge in [0.2, 0.25) is 5.91 Å². The lowest BCUT2D eigenvalue weighted by Crippen LogP contribution is -2.56. The number of para-hydroxylation sites is 1. The number of carbonyl (C=O) groups excluding carboxylic acids is 1. The van der Waals surface area contributed by atoms with Crippen LogP contribution >= 0.6 is 0 Å². The Labute approximate surface area is 113 Å². The SMILES string of the molecule is CCS(=O)(=O)c1ccccc1NC(=O)C1(N)CCC1. The van der Waals surface area contributed by atoms with E-state index < -0.39 is 15.4 Å². The standard InChI is InChI=1S/C13H18N2O3S/c1-2-19(17,18)11-7-4-3-6-10(11)15-12(16)13(14)8-5-9-13/h3-4,6-7H,2,5,8-9,14H2,1H3,(H,15,16). The van der Waals surface area contributed by atoms with Gasteiger partial charge in [-0.15, -0.1) is 0 Å². The minimum Gasteiger partial charge on any atom is -0.323 e. The van der Waals surface area contributed by atoms with Crippen molar-refractivity contribution in [1.29, 1.82) is 0 Å². The van der Waals surface area contributed by atoms with Crippen LogP contribution in [0.5, 0.6) is 0 Å². The number of benzene rings is 1. The van der Waals surface area contributed by atoms with Gasteiger partial charge in [-0.1, -0.05) is 19.1 Å². The minimum atomic E-state index is -3.36. The van der Waals surface area contributed by atoms with Gasteiger partial charge in [-0.05, 0) is 31.4 Å². The average Bonchev–Trinajstić information content (AvgIpc) is 2.36. The molecule has 0 aliphatic heterocycles. The molecule has 19 heavy (non-hydrogen) atoms. The summed E-state index contributed by atoms with van der Waals surface area (Å²) in [6.45, 7) is 1.57. The second-order valence-electron chi connectivity index (χ2n) is 4.86. The number of nitrogens with two attached hydrogens (primary N) is 1. The van der Waals surface area contributed by atoms with Crippen LogP contribution in [0.4, 0.5) is 5.69 Å². The van der Waals surface area contributed by atoms with Crippen molar-refractivity contribution >= 4 is 21.4 Å². The van der Waals surface area contributed by atoms with Crippen LogP contribution < -0.4 is 11.1 Å². The first-order valence-corrected chi connectivity index (χ1v) is 7.96. The predicted octanol–water partition coefficient (Wildman–Crippen LogP) is 1.30. The lowest BCUT2D eigenvalue weighted by molar-refractivity contribution is -0.123. The van der Waals surface area contributed by atoms with Crippen LogP contribution in [0.15, 0.2) is 29.2 Å². The van der Waals surface area contributed by atoms with Gasteiger partial charge >= 0.3 is 0 Å². The maximum Gasteiger partial charge on any atom is 0.244 e. The molecule has 0 radical (unpaired) electrons. The van der Waals surface area contributed by atoms with Crippen LogP contribution in [0.2, 0.25) is 0 Å². The van der Waals surface area contributed by atoms with Gasteiger partial charge in [-0.2, -0.15) is 0 Å². The van der Waals surface area contributed by atoms with Crippen molar-refractivity contribution in [3.8, 4) is 0 Å². The van der Waals surface area contributed by atoms with E-state index in [4.69, 9.17) is 5.73 Å². The van der Waals surface area contributed by atoms with E-state index >= 15 is 0 Å². The van der Waals surface area contributed by atoms with Gasteiger partial charge in [0.25, 0.3) is 0 Å². The van der Waals surface area contributed by atoms with Gasteiger partial charge in [-0.25, -0.2) is 8.42 Å². The highest BCUT2D eigenvalue weighted by molar-refractivity contribution is 7.91. The summed E-state index contributed by atoms with van der Waals surface area (Å²) in [4.78, 5) is 12.2. The predicted molar refractivity (Wildman–Crippen MR) is 73.6 cm³/mol. The van der Waals surface area contributed by atoms with E-state index in [0.717, 1.165) is 6.42 Å². The average molecular weight is 282 g/mol. The van der Waals surface area contributed by atoms with Gasteiger partial charge in [-0.3, -0.25) is 4.79 Å². The monoisotopic (exact) mass is 282 g/mol. The zero-order chi connectivity index (χ0) is 14.1. The summed E-state index contributed by atoms with van der Waals surface area (Å²) in [5.74, 6) is -0.314. The maximum absolute atomic E-state index is 12.1. The molecular weight excluding hydrogens is 264 g/mol. The molecule has 1 saturated carbocycles. The largest absolute Gasteiger partial charge is 0.323 e. The molecule has 104 valence electrons. The normalized spacial score (nSPS) is 17.6. The number of anilines is 1. The quantitative estimate of drug-likeness (QED) is 0.871. The molecule has 0 bridgehead atoms. The second-order valence-corrected chi connectivity index (χ2v) is 7.11. The van der Waals surface area contributed by atoms with Crippen LogP contribution in [0, 0.1) is 0 Å². The Bertz CT molecular complexity index is 592. The smallest absolute Gasteiger partial charge is 0.244 e. The molecule has 2 rings (SSSR count). The number of rotatable bonds is 4. The molecule has 1 amide bonds. The highest BCUT2D eigenvalue weighted by Crippen LogP contribution is 2.31. The first kappa shape index (κ1) is 14.0. The molecular formula is C13H18N2O3S. The number of nitrogens with one attached hydrogen (secondary N) is 1. The lowest BCUT2D eigenvalue weighted by Gasteiger charge is -2.36. The van der Waals surface area contributed by atoms with E-state index in [2.05, 4.69) is 5.32 Å². The van der Waals surface area contributed by atoms with Crippen molar-refractivity contribution in [3.63, 3.8) is 0 Å². The van der Waals surface area contributed by atoms with Crippen molar-refractivity contribution in [2.45, 2.75) is 36.6 Å². The molecule has 1 fully saturated rings. The van der Waals surface area contributed by atoms with Crippen molar-refractivity contribution in [3.05, 3.63) is 24.3 Å². The summed E-state index contributed by atoms with van der Waals surface area (Å²) in [5.41, 5.74) is 5.39. The first-order valence-electron chi connectivity index (χ1n) is 6.31. The highest BCUT2D eigenvalue weighted by atomic mass is 32.2. The summed E-state index contributed by atoms with van der Waals surface area (Å²) in [5, 5.41) is 2.65. The molecule has 0 unspecified atom stereocenters. The van der Waals surface area contributed by atoms with Crippen LogP contribution in [0.1, 0.15) is 26.2 Å². The molecule has 0 saturated heterocycles. The Balaban J connectivity index is 2.29. The number of carbonyl (C=O) groups is 1. The molecule has 3 N–H and O–H groups in total. The van der Waals surface area contributed by atoms with E-state index in [1.165, 1.54) is 6.07 Å². The summed E-state index contributed by atoms with van der Waals surface area (Å²) in [6.07, 6.45) is 2.21. The zero-order valence-corrected chi connectivity index (χ0v) is 11.7. The fourth-order valence-corrected chi connectivity index (χ4v) is 3.08. The van der Waals surface area contributed by atoms with Crippen molar-refractivity contribution in [1.82, 2.24) is 0 Å². The number of sulfone groups is 1. The van der Waals surface area contributed by atoms with E-state index in [1.54, 1.807) is 25.1 Å². The fourth-order valence-electron chi connectivity index (χ4n) is 2.03. The second kappa shape index (κ2) is 4.94. The van der Waals surface area contributed by atoms with Crippen molar-refractivity contribution in [2.75, 3.05) is 11.1 Å². The van der Waals surface area contributed by atoms with Crippen molar-refractivity contribution in [2.24, 2.45) is 5.73 Å². The third kappa shape index (κ3) is 2.64. The summed E-state index contributed by atoms with van der Waals surface area (Å²) in [6, 6.07) is 6.41. The van der Waals surface area contributed by atoms with Gasteiger partial charge < -0.3 is 11.1 Å². The molecule has 1 aromatic carbocycles. The summed E-state index contributed by atoms with van der Waals surface area (Å²) in [7, 11) is -3.36. The third-order valence-electron chi connectivity index (χ3n) is 3.55. The number of hydrogen-bond donors (Lipinski definition) is 2. The third-order valence-corrected chi connectivity index (χ3v) is 5.33. The highest BCUT2D eigenvalue weighted by Gasteiger charge is 2.40. The first-order chi connectivity index (χ1) is 8.89. The van der Waals surface area contributed by atoms with Crippen LogP contribution in [0.3, 0.4) is 0 Å². The molecule has 0 atom stereocenters. The Morgan fingerprint density at radius 3 is 2.53 bits per heavy atom. The van der Waals surface area contributed by atoms with Gasteiger partial charge in [0.1, 0.15) is 0 Å². The van der Waals surface area contributed by atoms with Crippen LogP contribution in [-0.4, -0.2) is 25.6 Å². The van der Waals surface area contributed by atoms with E-state index in [0.29, 0.717) is 18.5 Å². The van der Waals surface area contributed by atoms with Crippen LogP contribution in [0.25, 0.3) is 0 Å². The topological polar surface area (TPSA) is 89.3 Å². The Morgan fingerprint density at radius 2 is 2.00 bits per heavy atom. The maximum atomic E-state index is 12.1.